The fraction of sp³-hybridized carbons (Fsp3) is 0.0189. The third-order valence-electron chi connectivity index (χ3n) is 10.7. The van der Waals surface area contributed by atoms with Crippen LogP contribution in [0.2, 0.25) is 0 Å². The highest BCUT2D eigenvalue weighted by Crippen LogP contribution is 2.45. The van der Waals surface area contributed by atoms with Gasteiger partial charge in [0, 0.05) is 37.9 Å². The van der Waals surface area contributed by atoms with Gasteiger partial charge in [-0.3, -0.25) is 0 Å². The Hall–Kier alpha value is -7.14. The minimum Gasteiger partial charge on any atom is -0.309 e. The predicted octanol–water partition coefficient (Wildman–Crippen LogP) is 14.8. The summed E-state index contributed by atoms with van der Waals surface area (Å²) in [4.78, 5) is 10.5. The average Bonchev–Trinajstić information content (AvgIpc) is 3.82. The van der Waals surface area contributed by atoms with Crippen LogP contribution in [0.3, 0.4) is 0 Å². The van der Waals surface area contributed by atoms with Crippen LogP contribution >= 0.6 is 11.3 Å². The zero-order chi connectivity index (χ0) is 38.3. The molecule has 57 heavy (non-hydrogen) atoms. The molecular weight excluding hydrogens is 711 g/mol. The minimum absolute atomic E-state index is 0.725. The number of hydrogen-bond donors (Lipinski definition) is 0. The standard InChI is InChI=1S/C53H37N3S/c1-3-17-46-42(4-2)48-43(26-16-29-47(48)56(46)41-24-12-7-13-25-41)39-22-14-23-40(34-39)44-27-15-28-45-50-52(57-51(44)45)49(54-53(55-50)38-20-10-6-11-21-38)37-32-30-36(31-33-37)35-18-8-5-9-19-35/h3-34H,2H2,1H3/b17-3-. The zero-order valence-electron chi connectivity index (χ0n) is 31.4. The van der Waals surface area contributed by atoms with Gasteiger partial charge in [0.2, 0.25) is 0 Å². The molecule has 3 aromatic heterocycles. The number of para-hydroxylation sites is 1. The quantitative estimate of drug-likeness (QED) is 0.155. The van der Waals surface area contributed by atoms with E-state index < -0.39 is 0 Å². The molecule has 0 fully saturated rings. The molecule has 0 N–H and O–H groups in total. The van der Waals surface area contributed by atoms with E-state index in [1.807, 2.05) is 24.3 Å². The van der Waals surface area contributed by atoms with Crippen molar-refractivity contribution in [3.8, 4) is 61.7 Å². The van der Waals surface area contributed by atoms with Gasteiger partial charge in [-0.15, -0.1) is 11.3 Å². The molecule has 4 heteroatoms. The maximum absolute atomic E-state index is 5.27. The van der Waals surface area contributed by atoms with Crippen molar-refractivity contribution in [2.75, 3.05) is 0 Å². The molecule has 0 radical (unpaired) electrons. The summed E-state index contributed by atoms with van der Waals surface area (Å²) in [6.45, 7) is 6.37. The third-order valence-corrected chi connectivity index (χ3v) is 12.0. The average molecular weight is 748 g/mol. The lowest BCUT2D eigenvalue weighted by Crippen LogP contribution is -1.96. The van der Waals surface area contributed by atoms with Crippen molar-refractivity contribution in [1.29, 1.82) is 0 Å². The van der Waals surface area contributed by atoms with Crippen molar-refractivity contribution in [1.82, 2.24) is 14.5 Å². The summed E-state index contributed by atoms with van der Waals surface area (Å²) >= 11 is 1.78. The third kappa shape index (κ3) is 5.99. The van der Waals surface area contributed by atoms with Gasteiger partial charge in [0.05, 0.1) is 27.1 Å². The van der Waals surface area contributed by atoms with Crippen molar-refractivity contribution in [2.45, 2.75) is 6.92 Å². The van der Waals surface area contributed by atoms with Gasteiger partial charge in [-0.25, -0.2) is 9.97 Å². The van der Waals surface area contributed by atoms with E-state index in [9.17, 15) is 0 Å². The minimum atomic E-state index is 0.725. The Kier molecular flexibility index (Phi) is 8.74. The lowest BCUT2D eigenvalue weighted by Gasteiger charge is -2.11. The first-order valence-corrected chi connectivity index (χ1v) is 20.0. The van der Waals surface area contributed by atoms with E-state index in [-0.39, 0.29) is 0 Å². The molecule has 0 bridgehead atoms. The molecule has 0 saturated heterocycles. The fourth-order valence-corrected chi connectivity index (χ4v) is 9.41. The fourth-order valence-electron chi connectivity index (χ4n) is 8.12. The van der Waals surface area contributed by atoms with Gasteiger partial charge in [-0.05, 0) is 70.6 Å². The molecule has 0 amide bonds. The van der Waals surface area contributed by atoms with Gasteiger partial charge in [0.1, 0.15) is 0 Å². The highest BCUT2D eigenvalue weighted by molar-refractivity contribution is 7.26. The number of aromatic nitrogens is 3. The Balaban J connectivity index is 1.15. The van der Waals surface area contributed by atoms with E-state index in [0.29, 0.717) is 0 Å². The summed E-state index contributed by atoms with van der Waals surface area (Å²) < 4.78 is 4.62. The van der Waals surface area contributed by atoms with E-state index in [1.54, 1.807) is 11.3 Å². The molecule has 270 valence electrons. The van der Waals surface area contributed by atoms with E-state index in [2.05, 4.69) is 188 Å². The van der Waals surface area contributed by atoms with Gasteiger partial charge in [-0.2, -0.15) is 0 Å². The van der Waals surface area contributed by atoms with Crippen LogP contribution in [0, 0.1) is 0 Å². The summed E-state index contributed by atoms with van der Waals surface area (Å²) in [5.74, 6) is 0.725. The Morgan fingerprint density at radius 3 is 1.86 bits per heavy atom. The molecular formula is C53H37N3S. The summed E-state index contributed by atoms with van der Waals surface area (Å²) in [7, 11) is 0. The van der Waals surface area contributed by atoms with Crippen molar-refractivity contribution in [3.63, 3.8) is 0 Å². The molecule has 3 heterocycles. The van der Waals surface area contributed by atoms with E-state index in [0.717, 1.165) is 71.8 Å². The maximum Gasteiger partial charge on any atom is 0.160 e. The second kappa shape index (κ2) is 14.5. The van der Waals surface area contributed by atoms with Crippen LogP contribution in [0.5, 0.6) is 0 Å². The number of hydrogen-bond acceptors (Lipinski definition) is 3. The van der Waals surface area contributed by atoms with Gasteiger partial charge in [0.25, 0.3) is 0 Å². The normalized spacial score (nSPS) is 11.6. The highest BCUT2D eigenvalue weighted by Gasteiger charge is 2.21. The highest BCUT2D eigenvalue weighted by atomic mass is 32.1. The second-order valence-corrected chi connectivity index (χ2v) is 15.1. The molecule has 3 nitrogen and oxygen atoms in total. The molecule has 0 aliphatic heterocycles. The topological polar surface area (TPSA) is 30.7 Å². The Labute approximate surface area is 336 Å². The van der Waals surface area contributed by atoms with Gasteiger partial charge in [0.15, 0.2) is 5.82 Å². The largest absolute Gasteiger partial charge is 0.309 e. The van der Waals surface area contributed by atoms with Crippen molar-refractivity contribution >= 4 is 54.7 Å². The first kappa shape index (κ1) is 34.4. The van der Waals surface area contributed by atoms with Crippen molar-refractivity contribution < 1.29 is 0 Å². The Morgan fingerprint density at radius 1 is 0.544 bits per heavy atom. The molecule has 0 unspecified atom stereocenters. The number of benzene rings is 7. The molecule has 0 spiro atoms. The number of allylic oxidation sites excluding steroid dienone is 1. The van der Waals surface area contributed by atoms with Crippen LogP contribution in [0.25, 0.3) is 105 Å². The first-order valence-electron chi connectivity index (χ1n) is 19.2. The lowest BCUT2D eigenvalue weighted by molar-refractivity contribution is 1.10. The SMILES string of the molecule is C=Cc1c(/C=C\C)n(-c2ccccc2)c2cccc(-c3cccc(-c4cccc5c4sc4c(-c6ccc(-c7ccccc7)cc6)nc(-c6ccccc6)nc45)c3)c12. The summed E-state index contributed by atoms with van der Waals surface area (Å²) in [5.41, 5.74) is 15.5. The summed E-state index contributed by atoms with van der Waals surface area (Å²) in [5, 5.41) is 2.32. The smallest absolute Gasteiger partial charge is 0.160 e. The molecule has 0 atom stereocenters. The van der Waals surface area contributed by atoms with Crippen LogP contribution < -0.4 is 0 Å². The number of thiophene rings is 1. The number of fused-ring (bicyclic) bond motifs is 4. The van der Waals surface area contributed by atoms with Crippen LogP contribution in [-0.4, -0.2) is 14.5 Å². The Bertz CT molecular complexity index is 3120. The van der Waals surface area contributed by atoms with Gasteiger partial charge >= 0.3 is 0 Å². The second-order valence-electron chi connectivity index (χ2n) is 14.1. The maximum atomic E-state index is 5.27. The van der Waals surface area contributed by atoms with Crippen LogP contribution in [0.1, 0.15) is 18.2 Å². The van der Waals surface area contributed by atoms with Crippen LogP contribution in [0.4, 0.5) is 0 Å². The summed E-state index contributed by atoms with van der Waals surface area (Å²) in [6.07, 6.45) is 6.29. The molecule has 7 aromatic carbocycles. The first-order chi connectivity index (χ1) is 28.2. The Morgan fingerprint density at radius 2 is 1.14 bits per heavy atom. The molecule has 10 rings (SSSR count). The molecule has 10 aromatic rings. The van der Waals surface area contributed by atoms with Gasteiger partial charge < -0.3 is 4.57 Å². The van der Waals surface area contributed by atoms with Crippen molar-refractivity contribution in [2.24, 2.45) is 0 Å². The predicted molar refractivity (Wildman–Crippen MR) is 244 cm³/mol. The van der Waals surface area contributed by atoms with E-state index in [1.165, 1.54) is 32.3 Å². The van der Waals surface area contributed by atoms with Crippen molar-refractivity contribution in [3.05, 3.63) is 200 Å². The van der Waals surface area contributed by atoms with Crippen LogP contribution in [-0.2, 0) is 0 Å². The molecule has 0 aliphatic carbocycles. The van der Waals surface area contributed by atoms with E-state index >= 15 is 0 Å². The molecule has 0 aliphatic rings. The van der Waals surface area contributed by atoms with E-state index in [4.69, 9.17) is 9.97 Å². The lowest BCUT2D eigenvalue weighted by atomic mass is 9.95. The number of nitrogens with zero attached hydrogens (tertiary/aromatic N) is 3. The summed E-state index contributed by atoms with van der Waals surface area (Å²) in [6, 6.07) is 62.3. The number of rotatable bonds is 8. The van der Waals surface area contributed by atoms with Crippen LogP contribution in [0.15, 0.2) is 189 Å². The zero-order valence-corrected chi connectivity index (χ0v) is 32.2. The monoisotopic (exact) mass is 747 g/mol. The van der Waals surface area contributed by atoms with Gasteiger partial charge in [-0.1, -0.05) is 170 Å². The molecule has 0 saturated carbocycles.